The lowest BCUT2D eigenvalue weighted by Crippen LogP contribution is -2.03. The number of rotatable bonds is 6. The number of nitrogens with zero attached hydrogens (tertiary/aromatic N) is 3. The summed E-state index contributed by atoms with van der Waals surface area (Å²) >= 11 is 1.57. The number of aromatic amines is 1. The van der Waals surface area contributed by atoms with Crippen LogP contribution in [-0.2, 0) is 13.0 Å². The second kappa shape index (κ2) is 7.32. The van der Waals surface area contributed by atoms with Crippen LogP contribution in [0.4, 0.5) is 9.52 Å². The van der Waals surface area contributed by atoms with Crippen LogP contribution < -0.4 is 10.1 Å². The summed E-state index contributed by atoms with van der Waals surface area (Å²) in [5.41, 5.74) is 3.86. The van der Waals surface area contributed by atoms with E-state index in [-0.39, 0.29) is 0 Å². The highest BCUT2D eigenvalue weighted by Gasteiger charge is 2.10. The molecular formula is C19H18FN5OS. The molecule has 4 aromatic rings. The molecule has 0 saturated carbocycles. The molecule has 4 rings (SSSR count). The van der Waals surface area contributed by atoms with Gasteiger partial charge in [0.05, 0.1) is 13.3 Å². The van der Waals surface area contributed by atoms with Crippen LogP contribution in [0.5, 0.6) is 5.88 Å². The maximum absolute atomic E-state index is 13.4. The Balaban J connectivity index is 1.47. The van der Waals surface area contributed by atoms with Gasteiger partial charge in [-0.15, -0.1) is 11.3 Å². The number of thiazole rings is 1. The minimum absolute atomic E-state index is 0.386. The maximum atomic E-state index is 13.4. The molecule has 0 unspecified atom stereocenters. The van der Waals surface area contributed by atoms with Gasteiger partial charge in [0.2, 0.25) is 5.88 Å². The number of ether oxygens (including phenoxy) is 1. The predicted octanol–water partition coefficient (Wildman–Crippen LogP) is 4.07. The van der Waals surface area contributed by atoms with Gasteiger partial charge in [-0.3, -0.25) is 0 Å². The van der Waals surface area contributed by atoms with Crippen molar-refractivity contribution in [2.75, 3.05) is 12.4 Å². The largest absolute Gasteiger partial charge is 0.481 e. The third-order valence-corrected chi connectivity index (χ3v) is 5.14. The van der Waals surface area contributed by atoms with Crippen LogP contribution in [-0.4, -0.2) is 27.0 Å². The monoisotopic (exact) mass is 383 g/mol. The molecule has 0 aliphatic carbocycles. The molecule has 4 heterocycles. The molecule has 0 aliphatic heterocycles. The zero-order chi connectivity index (χ0) is 18.8. The minimum Gasteiger partial charge on any atom is -0.481 e. The average Bonchev–Trinajstić information content (AvgIpc) is 3.27. The SMILES string of the molecule is COc1ncc(F)cc1CNc1ncc(Cc2c[nH]c3ncc(C)cc23)s1. The molecule has 4 aromatic heterocycles. The molecule has 0 spiro atoms. The van der Waals surface area contributed by atoms with Gasteiger partial charge in [-0.2, -0.15) is 0 Å². The third-order valence-electron chi connectivity index (χ3n) is 4.19. The molecule has 0 bridgehead atoms. The third kappa shape index (κ3) is 3.75. The highest BCUT2D eigenvalue weighted by molar-refractivity contribution is 7.15. The lowest BCUT2D eigenvalue weighted by Gasteiger charge is -2.07. The van der Waals surface area contributed by atoms with Crippen molar-refractivity contribution in [3.63, 3.8) is 0 Å². The van der Waals surface area contributed by atoms with Gasteiger partial charge < -0.3 is 15.0 Å². The molecule has 0 atom stereocenters. The first-order chi connectivity index (χ1) is 13.1. The quantitative estimate of drug-likeness (QED) is 0.525. The summed E-state index contributed by atoms with van der Waals surface area (Å²) in [5.74, 6) is 0.0120. The number of aromatic nitrogens is 4. The first-order valence-corrected chi connectivity index (χ1v) is 9.23. The van der Waals surface area contributed by atoms with Crippen LogP contribution in [0.1, 0.15) is 21.6 Å². The predicted molar refractivity (Wildman–Crippen MR) is 104 cm³/mol. The van der Waals surface area contributed by atoms with Crippen molar-refractivity contribution < 1.29 is 9.13 Å². The fraction of sp³-hybridized carbons (Fsp3) is 0.211. The fourth-order valence-corrected chi connectivity index (χ4v) is 3.75. The van der Waals surface area contributed by atoms with E-state index in [0.29, 0.717) is 18.0 Å². The number of anilines is 1. The van der Waals surface area contributed by atoms with Crippen molar-refractivity contribution >= 4 is 27.5 Å². The molecule has 0 aliphatic rings. The topological polar surface area (TPSA) is 75.7 Å². The first kappa shape index (κ1) is 17.4. The van der Waals surface area contributed by atoms with E-state index in [0.717, 1.165) is 39.2 Å². The van der Waals surface area contributed by atoms with Crippen molar-refractivity contribution in [3.8, 4) is 5.88 Å². The van der Waals surface area contributed by atoms with Gasteiger partial charge in [0, 0.05) is 47.4 Å². The van der Waals surface area contributed by atoms with Crippen LogP contribution in [0.3, 0.4) is 0 Å². The van der Waals surface area contributed by atoms with Crippen molar-refractivity contribution in [3.05, 3.63) is 64.3 Å². The smallest absolute Gasteiger partial charge is 0.218 e. The number of hydrogen-bond donors (Lipinski definition) is 2. The Morgan fingerprint density at radius 3 is 2.89 bits per heavy atom. The summed E-state index contributed by atoms with van der Waals surface area (Å²) in [5, 5.41) is 5.11. The molecular weight excluding hydrogens is 365 g/mol. The van der Waals surface area contributed by atoms with Crippen LogP contribution in [0.15, 0.2) is 36.9 Å². The Bertz CT molecular complexity index is 1090. The van der Waals surface area contributed by atoms with Gasteiger partial charge in [0.1, 0.15) is 11.5 Å². The van der Waals surface area contributed by atoms with Crippen LogP contribution >= 0.6 is 11.3 Å². The number of hydrogen-bond acceptors (Lipinski definition) is 6. The molecule has 2 N–H and O–H groups in total. The molecule has 138 valence electrons. The Kier molecular flexibility index (Phi) is 4.72. The minimum atomic E-state index is -0.393. The first-order valence-electron chi connectivity index (χ1n) is 8.42. The lowest BCUT2D eigenvalue weighted by molar-refractivity contribution is 0.391. The molecule has 27 heavy (non-hydrogen) atoms. The zero-order valence-corrected chi connectivity index (χ0v) is 15.7. The number of fused-ring (bicyclic) bond motifs is 1. The van der Waals surface area contributed by atoms with E-state index in [2.05, 4.69) is 31.3 Å². The summed E-state index contributed by atoms with van der Waals surface area (Å²) in [4.78, 5) is 17.1. The Hall–Kier alpha value is -3.00. The molecule has 0 aromatic carbocycles. The molecule has 6 nitrogen and oxygen atoms in total. The summed E-state index contributed by atoms with van der Waals surface area (Å²) in [6, 6.07) is 3.55. The van der Waals surface area contributed by atoms with E-state index in [4.69, 9.17) is 4.74 Å². The van der Waals surface area contributed by atoms with E-state index in [1.807, 2.05) is 25.5 Å². The number of halogens is 1. The van der Waals surface area contributed by atoms with Crippen molar-refractivity contribution in [2.45, 2.75) is 19.9 Å². The van der Waals surface area contributed by atoms with Gasteiger partial charge in [-0.1, -0.05) is 0 Å². The molecule has 8 heteroatoms. The Labute approximate surface area is 159 Å². The van der Waals surface area contributed by atoms with Gasteiger partial charge in [-0.25, -0.2) is 19.3 Å². The molecule has 0 fully saturated rings. The highest BCUT2D eigenvalue weighted by atomic mass is 32.1. The van der Waals surface area contributed by atoms with Crippen molar-refractivity contribution in [1.29, 1.82) is 0 Å². The normalized spacial score (nSPS) is 11.1. The molecule has 0 amide bonds. The Morgan fingerprint density at radius 1 is 1.15 bits per heavy atom. The molecule has 0 radical (unpaired) electrons. The fourth-order valence-electron chi connectivity index (χ4n) is 2.92. The number of pyridine rings is 2. The van der Waals surface area contributed by atoms with Crippen LogP contribution in [0.25, 0.3) is 11.0 Å². The second-order valence-corrected chi connectivity index (χ2v) is 7.32. The van der Waals surface area contributed by atoms with Crippen LogP contribution in [0, 0.1) is 12.7 Å². The van der Waals surface area contributed by atoms with Crippen molar-refractivity contribution in [1.82, 2.24) is 19.9 Å². The second-order valence-electron chi connectivity index (χ2n) is 6.21. The Morgan fingerprint density at radius 2 is 2.04 bits per heavy atom. The number of nitrogens with one attached hydrogen (secondary N) is 2. The van der Waals surface area contributed by atoms with E-state index < -0.39 is 5.82 Å². The van der Waals surface area contributed by atoms with Gasteiger partial charge >= 0.3 is 0 Å². The van der Waals surface area contributed by atoms with E-state index >= 15 is 0 Å². The maximum Gasteiger partial charge on any atom is 0.218 e. The number of methoxy groups -OCH3 is 1. The highest BCUT2D eigenvalue weighted by Crippen LogP contribution is 2.26. The summed E-state index contributed by atoms with van der Waals surface area (Å²) in [6.45, 7) is 2.42. The summed E-state index contributed by atoms with van der Waals surface area (Å²) in [7, 11) is 1.52. The van der Waals surface area contributed by atoms with Gasteiger partial charge in [0.15, 0.2) is 5.13 Å². The summed E-state index contributed by atoms with van der Waals surface area (Å²) < 4.78 is 18.6. The summed E-state index contributed by atoms with van der Waals surface area (Å²) in [6.07, 6.45) is 7.62. The van der Waals surface area contributed by atoms with Gasteiger partial charge in [0.25, 0.3) is 0 Å². The number of H-pyrrole nitrogens is 1. The average molecular weight is 383 g/mol. The standard InChI is InChI=1S/C19H18FN5OS/c1-11-3-16-12(7-22-17(16)21-6-11)5-15-10-25-19(27-15)24-8-13-4-14(20)9-23-18(13)26-2/h3-4,6-7,9-10H,5,8H2,1-2H3,(H,21,22)(H,24,25). The zero-order valence-electron chi connectivity index (χ0n) is 14.9. The molecule has 0 saturated heterocycles. The number of aryl methyl sites for hydroxylation is 1. The van der Waals surface area contributed by atoms with E-state index in [1.165, 1.54) is 18.7 Å². The van der Waals surface area contributed by atoms with E-state index in [9.17, 15) is 4.39 Å². The van der Waals surface area contributed by atoms with Gasteiger partial charge in [-0.05, 0) is 30.2 Å². The van der Waals surface area contributed by atoms with Crippen LogP contribution in [0.2, 0.25) is 0 Å². The van der Waals surface area contributed by atoms with E-state index in [1.54, 1.807) is 11.3 Å². The lowest BCUT2D eigenvalue weighted by atomic mass is 10.1. The van der Waals surface area contributed by atoms with Crippen molar-refractivity contribution in [2.24, 2.45) is 0 Å².